The van der Waals surface area contributed by atoms with Gasteiger partial charge in [0.15, 0.2) is 11.5 Å². The van der Waals surface area contributed by atoms with Gasteiger partial charge in [0.1, 0.15) is 16.9 Å². The molecule has 0 atom stereocenters. The van der Waals surface area contributed by atoms with Crippen molar-refractivity contribution >= 4 is 29.0 Å². The van der Waals surface area contributed by atoms with Crippen LogP contribution in [0, 0.1) is 0 Å². The maximum absolute atomic E-state index is 12.3. The Morgan fingerprint density at radius 1 is 0.909 bits per heavy atom. The van der Waals surface area contributed by atoms with Crippen LogP contribution >= 0.6 is 0 Å². The molecule has 8 nitrogen and oxygen atoms in total. The van der Waals surface area contributed by atoms with Crippen LogP contribution in [0.4, 0.5) is 0 Å². The topological polar surface area (TPSA) is 101 Å². The predicted molar refractivity (Wildman–Crippen MR) is 122 cm³/mol. The summed E-state index contributed by atoms with van der Waals surface area (Å²) in [5, 5.41) is 0.492. The number of hydrogen-bond donors (Lipinski definition) is 0. The second kappa shape index (κ2) is 11.0. The molecule has 0 fully saturated rings. The Labute approximate surface area is 190 Å². The van der Waals surface area contributed by atoms with Crippen LogP contribution in [-0.2, 0) is 9.53 Å². The van der Waals surface area contributed by atoms with E-state index in [1.807, 2.05) is 13.8 Å². The van der Waals surface area contributed by atoms with Crippen LogP contribution < -0.4 is 19.8 Å². The summed E-state index contributed by atoms with van der Waals surface area (Å²) < 4.78 is 26.4. The van der Waals surface area contributed by atoms with Gasteiger partial charge in [-0.25, -0.2) is 14.4 Å². The molecule has 0 aliphatic carbocycles. The van der Waals surface area contributed by atoms with Gasteiger partial charge in [-0.2, -0.15) is 0 Å². The fraction of sp³-hybridized carbons (Fsp3) is 0.240. The van der Waals surface area contributed by atoms with Crippen LogP contribution in [0.3, 0.4) is 0 Å². The summed E-state index contributed by atoms with van der Waals surface area (Å²) >= 11 is 0. The number of esters is 2. The monoisotopic (exact) mass is 452 g/mol. The van der Waals surface area contributed by atoms with Gasteiger partial charge in [-0.15, -0.1) is 0 Å². The van der Waals surface area contributed by atoms with Crippen molar-refractivity contribution in [3.63, 3.8) is 0 Å². The first kappa shape index (κ1) is 23.6. The average molecular weight is 452 g/mol. The van der Waals surface area contributed by atoms with E-state index in [0.717, 1.165) is 5.56 Å². The maximum Gasteiger partial charge on any atom is 0.351 e. The minimum atomic E-state index is -0.829. The second-order valence-electron chi connectivity index (χ2n) is 6.69. The molecule has 0 bridgehead atoms. The summed E-state index contributed by atoms with van der Waals surface area (Å²) in [6.07, 6.45) is 2.86. The molecule has 172 valence electrons. The van der Waals surface area contributed by atoms with Crippen molar-refractivity contribution in [3.8, 4) is 17.2 Å². The van der Waals surface area contributed by atoms with Crippen LogP contribution in [-0.4, -0.2) is 31.8 Å². The molecule has 33 heavy (non-hydrogen) atoms. The van der Waals surface area contributed by atoms with E-state index in [1.54, 1.807) is 37.3 Å². The van der Waals surface area contributed by atoms with E-state index in [4.69, 9.17) is 23.4 Å². The normalized spacial score (nSPS) is 10.9. The van der Waals surface area contributed by atoms with E-state index in [-0.39, 0.29) is 23.5 Å². The van der Waals surface area contributed by atoms with Crippen LogP contribution in [0.15, 0.2) is 57.8 Å². The number of fused-ring (bicyclic) bond motifs is 1. The third kappa shape index (κ3) is 6.00. The predicted octanol–water partition coefficient (Wildman–Crippen LogP) is 4.39. The number of ether oxygens (including phenoxy) is 4. The second-order valence-corrected chi connectivity index (χ2v) is 6.69. The van der Waals surface area contributed by atoms with E-state index in [0.29, 0.717) is 30.1 Å². The van der Waals surface area contributed by atoms with Crippen LogP contribution in [0.2, 0.25) is 0 Å². The third-order valence-electron chi connectivity index (χ3n) is 4.40. The number of benzene rings is 2. The molecule has 0 aliphatic heterocycles. The SMILES string of the molecule is CCOC(=O)c1cc2ccc(OC(=O)/C=C/c3ccc(OCC)c(OCC)c3)cc2oc1=O. The summed E-state index contributed by atoms with van der Waals surface area (Å²) in [5.41, 5.74) is -0.117. The molecule has 8 heteroatoms. The van der Waals surface area contributed by atoms with Crippen LogP contribution in [0.25, 0.3) is 17.0 Å². The molecular formula is C25H24O8. The van der Waals surface area contributed by atoms with Crippen LogP contribution in [0.1, 0.15) is 36.7 Å². The molecule has 3 rings (SSSR count). The van der Waals surface area contributed by atoms with Gasteiger partial charge >= 0.3 is 17.6 Å². The molecule has 3 aromatic rings. The van der Waals surface area contributed by atoms with Gasteiger partial charge in [0.05, 0.1) is 19.8 Å². The highest BCUT2D eigenvalue weighted by atomic mass is 16.5. The van der Waals surface area contributed by atoms with Gasteiger partial charge in [-0.05, 0) is 62.7 Å². The summed E-state index contributed by atoms with van der Waals surface area (Å²) in [7, 11) is 0. The molecule has 0 radical (unpaired) electrons. The summed E-state index contributed by atoms with van der Waals surface area (Å²) in [5.74, 6) is 0.0256. The molecule has 0 N–H and O–H groups in total. The molecule has 0 unspecified atom stereocenters. The van der Waals surface area contributed by atoms with Crippen molar-refractivity contribution < 1.29 is 33.0 Å². The highest BCUT2D eigenvalue weighted by Gasteiger charge is 2.15. The smallest absolute Gasteiger partial charge is 0.351 e. The lowest BCUT2D eigenvalue weighted by Crippen LogP contribution is -2.16. The molecule has 0 aliphatic rings. The van der Waals surface area contributed by atoms with E-state index in [1.165, 1.54) is 24.3 Å². The quantitative estimate of drug-likeness (QED) is 0.204. The summed E-state index contributed by atoms with van der Waals surface area (Å²) in [6.45, 7) is 6.54. The molecule has 1 heterocycles. The van der Waals surface area contributed by atoms with Gasteiger partial charge in [0.2, 0.25) is 0 Å². The summed E-state index contributed by atoms with van der Waals surface area (Å²) in [6, 6.07) is 11.2. The highest BCUT2D eigenvalue weighted by Crippen LogP contribution is 2.29. The van der Waals surface area contributed by atoms with E-state index in [9.17, 15) is 14.4 Å². The van der Waals surface area contributed by atoms with Gasteiger partial charge < -0.3 is 23.4 Å². The Hall–Kier alpha value is -4.07. The first-order valence-corrected chi connectivity index (χ1v) is 10.5. The lowest BCUT2D eigenvalue weighted by atomic mass is 10.2. The lowest BCUT2D eigenvalue weighted by Gasteiger charge is -2.11. The zero-order valence-corrected chi connectivity index (χ0v) is 18.6. The molecule has 0 saturated heterocycles. The Bertz CT molecular complexity index is 1240. The third-order valence-corrected chi connectivity index (χ3v) is 4.40. The minimum Gasteiger partial charge on any atom is -0.490 e. The molecular weight excluding hydrogens is 428 g/mol. The number of hydrogen-bond acceptors (Lipinski definition) is 8. The van der Waals surface area contributed by atoms with Crippen molar-refractivity contribution in [1.29, 1.82) is 0 Å². The zero-order chi connectivity index (χ0) is 23.8. The Morgan fingerprint density at radius 3 is 2.39 bits per heavy atom. The van der Waals surface area contributed by atoms with Gasteiger partial charge in [0.25, 0.3) is 0 Å². The van der Waals surface area contributed by atoms with E-state index in [2.05, 4.69) is 0 Å². The molecule has 2 aromatic carbocycles. The highest BCUT2D eigenvalue weighted by molar-refractivity contribution is 5.93. The fourth-order valence-corrected chi connectivity index (χ4v) is 2.99. The number of carbonyl (C=O) groups is 2. The minimum absolute atomic E-state index is 0.141. The van der Waals surface area contributed by atoms with Gasteiger partial charge in [-0.3, -0.25) is 0 Å². The molecule has 0 amide bonds. The first-order valence-electron chi connectivity index (χ1n) is 10.5. The van der Waals surface area contributed by atoms with Crippen molar-refractivity contribution in [2.75, 3.05) is 19.8 Å². The number of carbonyl (C=O) groups excluding carboxylic acids is 2. The standard InChI is InChI=1S/C25H24O8/c1-4-29-20-11-7-16(13-22(20)30-5-2)8-12-23(26)32-18-10-9-17-14-19(24(27)31-6-3)25(28)33-21(17)15-18/h7-15H,4-6H2,1-3H3/b12-8+. The van der Waals surface area contributed by atoms with Crippen molar-refractivity contribution in [2.24, 2.45) is 0 Å². The van der Waals surface area contributed by atoms with E-state index < -0.39 is 17.6 Å². The van der Waals surface area contributed by atoms with E-state index >= 15 is 0 Å². The Kier molecular flexibility index (Phi) is 7.86. The molecule has 1 aromatic heterocycles. The fourth-order valence-electron chi connectivity index (χ4n) is 2.99. The van der Waals surface area contributed by atoms with Gasteiger partial charge in [-0.1, -0.05) is 6.07 Å². The first-order chi connectivity index (χ1) is 15.9. The molecule has 0 spiro atoms. The Balaban J connectivity index is 1.74. The zero-order valence-electron chi connectivity index (χ0n) is 18.6. The van der Waals surface area contributed by atoms with Crippen molar-refractivity contribution in [3.05, 3.63) is 70.1 Å². The maximum atomic E-state index is 12.3. The van der Waals surface area contributed by atoms with Crippen molar-refractivity contribution in [2.45, 2.75) is 20.8 Å². The van der Waals surface area contributed by atoms with Crippen molar-refractivity contribution in [1.82, 2.24) is 0 Å². The van der Waals surface area contributed by atoms with Gasteiger partial charge in [0, 0.05) is 17.5 Å². The Morgan fingerprint density at radius 2 is 1.67 bits per heavy atom. The summed E-state index contributed by atoms with van der Waals surface area (Å²) in [4.78, 5) is 36.2. The van der Waals surface area contributed by atoms with Crippen LogP contribution in [0.5, 0.6) is 17.2 Å². The average Bonchev–Trinajstić information content (AvgIpc) is 2.79. The number of rotatable bonds is 9. The molecule has 0 saturated carbocycles. The lowest BCUT2D eigenvalue weighted by molar-refractivity contribution is -0.128. The largest absolute Gasteiger partial charge is 0.490 e.